The van der Waals surface area contributed by atoms with Gasteiger partial charge >= 0.3 is 0 Å². The Labute approximate surface area is 145 Å². The van der Waals surface area contributed by atoms with Crippen molar-refractivity contribution in [2.24, 2.45) is 7.05 Å². The van der Waals surface area contributed by atoms with Crippen LogP contribution in [0.1, 0.15) is 11.3 Å². The predicted octanol–water partition coefficient (Wildman–Crippen LogP) is 1.55. The summed E-state index contributed by atoms with van der Waals surface area (Å²) in [5, 5.41) is 4.51. The maximum atomic E-state index is 12.1. The summed E-state index contributed by atoms with van der Waals surface area (Å²) >= 11 is 0. The van der Waals surface area contributed by atoms with Crippen LogP contribution in [0.4, 0.5) is 5.69 Å². The zero-order valence-corrected chi connectivity index (χ0v) is 14.5. The first-order chi connectivity index (χ1) is 12.1. The maximum absolute atomic E-state index is 12.1. The molecule has 1 fully saturated rings. The number of anilines is 1. The van der Waals surface area contributed by atoms with Gasteiger partial charge in [0, 0.05) is 51.0 Å². The minimum Gasteiger partial charge on any atom is -0.369 e. The van der Waals surface area contributed by atoms with E-state index >= 15 is 0 Å². The van der Waals surface area contributed by atoms with Crippen molar-refractivity contribution in [1.82, 2.24) is 19.6 Å². The van der Waals surface area contributed by atoms with Gasteiger partial charge in [0.25, 0.3) is 5.56 Å². The van der Waals surface area contributed by atoms with E-state index in [2.05, 4.69) is 19.9 Å². The van der Waals surface area contributed by atoms with Crippen molar-refractivity contribution < 1.29 is 4.52 Å². The highest BCUT2D eigenvalue weighted by Gasteiger charge is 2.19. The fourth-order valence-corrected chi connectivity index (χ4v) is 3.27. The molecule has 0 bridgehead atoms. The van der Waals surface area contributed by atoms with Gasteiger partial charge < -0.3 is 14.0 Å². The van der Waals surface area contributed by atoms with Crippen LogP contribution >= 0.6 is 0 Å². The molecule has 1 saturated heterocycles. The van der Waals surface area contributed by atoms with E-state index in [-0.39, 0.29) is 5.56 Å². The van der Waals surface area contributed by atoms with Gasteiger partial charge in [0.15, 0.2) is 0 Å². The zero-order chi connectivity index (χ0) is 17.4. The molecule has 25 heavy (non-hydrogen) atoms. The maximum Gasteiger partial charge on any atom is 0.260 e. The van der Waals surface area contributed by atoms with Crippen LogP contribution in [0.15, 0.2) is 40.0 Å². The molecule has 1 aliphatic heterocycles. The molecule has 0 aliphatic carbocycles. The standard InChI is InChI=1S/C18H21N5O2/c1-13-14(10-20-25-13)11-22-5-7-23(8-6-22)15-3-4-16-17(9-15)19-12-21(2)18(16)24/h3-4,9-10,12H,5-8,11H2,1-2H3. The molecule has 0 saturated carbocycles. The summed E-state index contributed by atoms with van der Waals surface area (Å²) in [4.78, 5) is 21.3. The molecule has 0 amide bonds. The Kier molecular flexibility index (Phi) is 4.01. The third kappa shape index (κ3) is 3.02. The second kappa shape index (κ2) is 6.33. The van der Waals surface area contributed by atoms with E-state index in [9.17, 15) is 4.79 Å². The Balaban J connectivity index is 1.47. The van der Waals surface area contributed by atoms with Crippen molar-refractivity contribution in [2.45, 2.75) is 13.5 Å². The van der Waals surface area contributed by atoms with Crippen LogP contribution in [0, 0.1) is 6.92 Å². The average Bonchev–Trinajstić information content (AvgIpc) is 3.03. The Morgan fingerprint density at radius 2 is 2.00 bits per heavy atom. The third-order valence-corrected chi connectivity index (χ3v) is 4.88. The molecule has 130 valence electrons. The van der Waals surface area contributed by atoms with Crippen molar-refractivity contribution >= 4 is 16.6 Å². The van der Waals surface area contributed by atoms with Gasteiger partial charge in [-0.3, -0.25) is 9.69 Å². The molecule has 1 aromatic carbocycles. The van der Waals surface area contributed by atoms with Gasteiger partial charge in [-0.15, -0.1) is 0 Å². The first-order valence-electron chi connectivity index (χ1n) is 8.44. The van der Waals surface area contributed by atoms with Gasteiger partial charge in [0.2, 0.25) is 0 Å². The van der Waals surface area contributed by atoms with Crippen LogP contribution in [0.25, 0.3) is 10.9 Å². The van der Waals surface area contributed by atoms with E-state index < -0.39 is 0 Å². The lowest BCUT2D eigenvalue weighted by Crippen LogP contribution is -2.46. The van der Waals surface area contributed by atoms with Crippen molar-refractivity contribution in [2.75, 3.05) is 31.1 Å². The van der Waals surface area contributed by atoms with E-state index in [1.165, 1.54) is 4.57 Å². The van der Waals surface area contributed by atoms with E-state index in [4.69, 9.17) is 4.52 Å². The molecule has 4 rings (SSSR count). The fraction of sp³-hybridized carbons (Fsp3) is 0.389. The van der Waals surface area contributed by atoms with Crippen LogP contribution in [-0.2, 0) is 13.6 Å². The number of rotatable bonds is 3. The number of hydrogen-bond donors (Lipinski definition) is 0. The number of fused-ring (bicyclic) bond motifs is 1. The molecule has 0 atom stereocenters. The molecule has 0 spiro atoms. The fourth-order valence-electron chi connectivity index (χ4n) is 3.27. The number of aromatic nitrogens is 3. The molecule has 3 heterocycles. The van der Waals surface area contributed by atoms with Crippen molar-refractivity contribution in [3.05, 3.63) is 52.4 Å². The largest absolute Gasteiger partial charge is 0.369 e. The number of benzene rings is 1. The summed E-state index contributed by atoms with van der Waals surface area (Å²) in [6, 6.07) is 5.91. The smallest absolute Gasteiger partial charge is 0.260 e. The van der Waals surface area contributed by atoms with Gasteiger partial charge in [-0.1, -0.05) is 5.16 Å². The van der Waals surface area contributed by atoms with Gasteiger partial charge in [-0.05, 0) is 25.1 Å². The summed E-state index contributed by atoms with van der Waals surface area (Å²) in [5.74, 6) is 0.893. The Morgan fingerprint density at radius 3 is 2.72 bits per heavy atom. The lowest BCUT2D eigenvalue weighted by Gasteiger charge is -2.36. The topological polar surface area (TPSA) is 67.4 Å². The van der Waals surface area contributed by atoms with Crippen molar-refractivity contribution in [3.63, 3.8) is 0 Å². The van der Waals surface area contributed by atoms with Gasteiger partial charge in [0.05, 0.1) is 23.4 Å². The Bertz CT molecular complexity index is 953. The Morgan fingerprint density at radius 1 is 1.20 bits per heavy atom. The van der Waals surface area contributed by atoms with E-state index in [0.717, 1.165) is 55.3 Å². The van der Waals surface area contributed by atoms with Gasteiger partial charge in [-0.2, -0.15) is 0 Å². The molecule has 3 aromatic rings. The molecule has 7 nitrogen and oxygen atoms in total. The average molecular weight is 339 g/mol. The lowest BCUT2D eigenvalue weighted by molar-refractivity contribution is 0.248. The van der Waals surface area contributed by atoms with E-state index in [1.54, 1.807) is 19.6 Å². The number of hydrogen-bond acceptors (Lipinski definition) is 6. The van der Waals surface area contributed by atoms with Gasteiger partial charge in [-0.25, -0.2) is 4.98 Å². The van der Waals surface area contributed by atoms with Gasteiger partial charge in [0.1, 0.15) is 5.76 Å². The second-order valence-corrected chi connectivity index (χ2v) is 6.53. The highest BCUT2D eigenvalue weighted by atomic mass is 16.5. The summed E-state index contributed by atoms with van der Waals surface area (Å²) < 4.78 is 6.64. The highest BCUT2D eigenvalue weighted by molar-refractivity contribution is 5.81. The SMILES string of the molecule is Cc1oncc1CN1CCN(c2ccc3c(=O)n(C)cnc3c2)CC1. The molecule has 1 aliphatic rings. The molecule has 0 unspecified atom stereocenters. The summed E-state index contributed by atoms with van der Waals surface area (Å²) in [6.07, 6.45) is 3.38. The Hall–Kier alpha value is -2.67. The molecule has 7 heteroatoms. The van der Waals surface area contributed by atoms with Crippen LogP contribution in [0.2, 0.25) is 0 Å². The number of aryl methyl sites for hydroxylation is 2. The molecule has 2 aromatic heterocycles. The second-order valence-electron chi connectivity index (χ2n) is 6.53. The highest BCUT2D eigenvalue weighted by Crippen LogP contribution is 2.21. The molecule has 0 N–H and O–H groups in total. The van der Waals surface area contributed by atoms with Crippen LogP contribution in [0.5, 0.6) is 0 Å². The summed E-state index contributed by atoms with van der Waals surface area (Å²) in [7, 11) is 1.72. The molecular formula is C18H21N5O2. The van der Waals surface area contributed by atoms with E-state index in [0.29, 0.717) is 5.39 Å². The number of piperazine rings is 1. The van der Waals surface area contributed by atoms with Crippen molar-refractivity contribution in [3.8, 4) is 0 Å². The molecular weight excluding hydrogens is 318 g/mol. The normalized spacial score (nSPS) is 15.8. The lowest BCUT2D eigenvalue weighted by atomic mass is 10.2. The minimum atomic E-state index is -0.00883. The summed E-state index contributed by atoms with van der Waals surface area (Å²) in [5.41, 5.74) is 3.02. The number of nitrogens with zero attached hydrogens (tertiary/aromatic N) is 5. The van der Waals surface area contributed by atoms with Crippen LogP contribution in [-0.4, -0.2) is 45.8 Å². The zero-order valence-electron chi connectivity index (χ0n) is 14.5. The predicted molar refractivity (Wildman–Crippen MR) is 95.7 cm³/mol. The monoisotopic (exact) mass is 339 g/mol. The van der Waals surface area contributed by atoms with Crippen LogP contribution < -0.4 is 10.5 Å². The summed E-state index contributed by atoms with van der Waals surface area (Å²) in [6.45, 7) is 6.67. The minimum absolute atomic E-state index is 0.00883. The first kappa shape index (κ1) is 15.8. The first-order valence-corrected chi connectivity index (χ1v) is 8.44. The van der Waals surface area contributed by atoms with Crippen molar-refractivity contribution in [1.29, 1.82) is 0 Å². The third-order valence-electron chi connectivity index (χ3n) is 4.88. The van der Waals surface area contributed by atoms with Crippen LogP contribution in [0.3, 0.4) is 0 Å². The van der Waals surface area contributed by atoms with E-state index in [1.807, 2.05) is 25.1 Å². The quantitative estimate of drug-likeness (QED) is 0.721. The molecule has 0 radical (unpaired) electrons.